The number of aromatic hydroxyl groups is 1. The van der Waals surface area contributed by atoms with E-state index in [1.165, 1.54) is 29.5 Å². The van der Waals surface area contributed by atoms with Crippen LogP contribution in [0.1, 0.15) is 66.8 Å². The standard InChI is InChI=1S/C23H25FN6O3/c24-16-6-5-15(17(11-16)30-14-25-13-27-30)12-26-20(32)18-19(31)21(33)29-10-4-9-23(22(29)28-18)7-2-1-3-8-23/h5-6,11,13-14,31H,1-4,7-10,12H2,(H,26,32). The number of carbonyl (C=O) groups is 1. The molecule has 3 heterocycles. The summed E-state index contributed by atoms with van der Waals surface area (Å²) in [7, 11) is 0. The summed E-state index contributed by atoms with van der Waals surface area (Å²) in [6.45, 7) is 0.522. The SMILES string of the molecule is O=C(NCc1ccc(F)cc1-n1cncn1)c1nc2n(c(=O)c1O)CCCC21CCCCC1. The smallest absolute Gasteiger partial charge is 0.296 e. The van der Waals surface area contributed by atoms with Gasteiger partial charge in [0.05, 0.1) is 5.69 Å². The van der Waals surface area contributed by atoms with Gasteiger partial charge in [-0.1, -0.05) is 25.3 Å². The van der Waals surface area contributed by atoms with Crippen molar-refractivity contribution in [1.82, 2.24) is 29.6 Å². The summed E-state index contributed by atoms with van der Waals surface area (Å²) in [4.78, 5) is 34.4. The first-order chi connectivity index (χ1) is 16.0. The molecule has 1 aliphatic heterocycles. The number of nitrogens with zero attached hydrogens (tertiary/aromatic N) is 5. The van der Waals surface area contributed by atoms with Gasteiger partial charge in [0.25, 0.3) is 11.5 Å². The highest BCUT2D eigenvalue weighted by Crippen LogP contribution is 2.44. The zero-order valence-electron chi connectivity index (χ0n) is 18.1. The maximum atomic E-state index is 13.8. The van der Waals surface area contributed by atoms with Gasteiger partial charge in [0.15, 0.2) is 5.69 Å². The van der Waals surface area contributed by atoms with Gasteiger partial charge in [-0.15, -0.1) is 0 Å². The van der Waals surface area contributed by atoms with Crippen LogP contribution in [0.15, 0.2) is 35.6 Å². The van der Waals surface area contributed by atoms with Crippen molar-refractivity contribution >= 4 is 5.91 Å². The van der Waals surface area contributed by atoms with E-state index < -0.39 is 23.0 Å². The molecule has 0 unspecified atom stereocenters. The molecule has 3 aromatic rings. The number of aromatic nitrogens is 5. The lowest BCUT2D eigenvalue weighted by Crippen LogP contribution is -2.43. The lowest BCUT2D eigenvalue weighted by Gasteiger charge is -2.41. The molecule has 2 N–H and O–H groups in total. The number of benzene rings is 1. The molecular weight excluding hydrogens is 427 g/mol. The number of hydrogen-bond acceptors (Lipinski definition) is 6. The Balaban J connectivity index is 1.45. The lowest BCUT2D eigenvalue weighted by atomic mass is 9.69. The van der Waals surface area contributed by atoms with Gasteiger partial charge >= 0.3 is 0 Å². The van der Waals surface area contributed by atoms with Crippen molar-refractivity contribution in [1.29, 1.82) is 0 Å². The Bertz CT molecular complexity index is 1250. The average molecular weight is 452 g/mol. The Labute approximate surface area is 189 Å². The predicted octanol–water partition coefficient (Wildman–Crippen LogP) is 2.59. The molecule has 1 amide bonds. The minimum atomic E-state index is -0.654. The van der Waals surface area contributed by atoms with Gasteiger partial charge in [-0.3, -0.25) is 14.2 Å². The summed E-state index contributed by atoms with van der Waals surface area (Å²) >= 11 is 0. The highest BCUT2D eigenvalue weighted by atomic mass is 19.1. The zero-order valence-corrected chi connectivity index (χ0v) is 18.1. The highest BCUT2D eigenvalue weighted by Gasteiger charge is 2.41. The lowest BCUT2D eigenvalue weighted by molar-refractivity contribution is 0.0939. The fourth-order valence-electron chi connectivity index (χ4n) is 5.20. The van der Waals surface area contributed by atoms with E-state index in [-0.39, 0.29) is 17.7 Å². The molecule has 1 aliphatic carbocycles. The monoisotopic (exact) mass is 452 g/mol. The van der Waals surface area contributed by atoms with E-state index in [9.17, 15) is 19.1 Å². The Morgan fingerprint density at radius 3 is 2.73 bits per heavy atom. The summed E-state index contributed by atoms with van der Waals surface area (Å²) in [5.41, 5.74) is -0.0254. The quantitative estimate of drug-likeness (QED) is 0.629. The number of halogens is 1. The largest absolute Gasteiger partial charge is 0.501 e. The number of carbonyl (C=O) groups excluding carboxylic acids is 1. The Kier molecular flexibility index (Phi) is 5.43. The molecule has 0 atom stereocenters. The predicted molar refractivity (Wildman–Crippen MR) is 117 cm³/mol. The molecule has 1 saturated carbocycles. The van der Waals surface area contributed by atoms with E-state index in [0.717, 1.165) is 44.9 Å². The van der Waals surface area contributed by atoms with Crippen molar-refractivity contribution in [2.24, 2.45) is 0 Å². The third kappa shape index (κ3) is 3.79. The van der Waals surface area contributed by atoms with E-state index >= 15 is 0 Å². The van der Waals surface area contributed by atoms with E-state index in [0.29, 0.717) is 23.6 Å². The van der Waals surface area contributed by atoms with Crippen LogP contribution in [-0.2, 0) is 18.5 Å². The molecule has 9 nitrogen and oxygen atoms in total. The van der Waals surface area contributed by atoms with E-state index in [4.69, 9.17) is 0 Å². The molecular formula is C23H25FN6O3. The summed E-state index contributed by atoms with van der Waals surface area (Å²) in [5.74, 6) is -1.13. The highest BCUT2D eigenvalue weighted by molar-refractivity contribution is 5.94. The van der Waals surface area contributed by atoms with Gasteiger partial charge in [-0.25, -0.2) is 19.0 Å². The minimum Gasteiger partial charge on any atom is -0.501 e. The fourth-order valence-corrected chi connectivity index (χ4v) is 5.20. The maximum absolute atomic E-state index is 13.8. The van der Waals surface area contributed by atoms with Crippen molar-refractivity contribution in [3.05, 3.63) is 64.1 Å². The molecule has 1 aromatic carbocycles. The average Bonchev–Trinajstić information content (AvgIpc) is 3.36. The molecule has 2 aliphatic rings. The second-order valence-corrected chi connectivity index (χ2v) is 8.83. The van der Waals surface area contributed by atoms with Gasteiger partial charge in [0.2, 0.25) is 5.75 Å². The fraction of sp³-hybridized carbons (Fsp3) is 0.435. The zero-order chi connectivity index (χ0) is 23.0. The Morgan fingerprint density at radius 1 is 1.18 bits per heavy atom. The first-order valence-corrected chi connectivity index (χ1v) is 11.2. The molecule has 172 valence electrons. The first kappa shape index (κ1) is 21.3. The van der Waals surface area contributed by atoms with Crippen molar-refractivity contribution in [3.63, 3.8) is 0 Å². The topological polar surface area (TPSA) is 115 Å². The van der Waals surface area contributed by atoms with Crippen LogP contribution in [0.3, 0.4) is 0 Å². The second kappa shape index (κ2) is 8.42. The van der Waals surface area contributed by atoms with Crippen LogP contribution in [0, 0.1) is 5.82 Å². The van der Waals surface area contributed by atoms with Crippen molar-refractivity contribution in [3.8, 4) is 11.4 Å². The Morgan fingerprint density at radius 2 is 1.97 bits per heavy atom. The van der Waals surface area contributed by atoms with Crippen LogP contribution in [0.25, 0.3) is 5.69 Å². The van der Waals surface area contributed by atoms with E-state index in [2.05, 4.69) is 20.4 Å². The van der Waals surface area contributed by atoms with Crippen molar-refractivity contribution in [2.45, 2.75) is 63.5 Å². The van der Waals surface area contributed by atoms with Gasteiger partial charge in [-0.2, -0.15) is 5.10 Å². The number of fused-ring (bicyclic) bond motifs is 2. The number of rotatable bonds is 4. The van der Waals surface area contributed by atoms with Crippen LogP contribution in [0.4, 0.5) is 4.39 Å². The van der Waals surface area contributed by atoms with E-state index in [1.54, 1.807) is 10.6 Å². The summed E-state index contributed by atoms with van der Waals surface area (Å²) < 4.78 is 16.8. The van der Waals surface area contributed by atoms with Gasteiger partial charge in [0.1, 0.15) is 24.3 Å². The van der Waals surface area contributed by atoms with Gasteiger partial charge < -0.3 is 10.4 Å². The third-order valence-electron chi connectivity index (χ3n) is 6.83. The van der Waals surface area contributed by atoms with Crippen LogP contribution in [-0.4, -0.2) is 35.3 Å². The van der Waals surface area contributed by atoms with Crippen molar-refractivity contribution < 1.29 is 14.3 Å². The first-order valence-electron chi connectivity index (χ1n) is 11.2. The molecule has 1 spiro atoms. The summed E-state index contributed by atoms with van der Waals surface area (Å²) in [5, 5.41) is 17.3. The molecule has 10 heteroatoms. The van der Waals surface area contributed by atoms with Crippen LogP contribution >= 0.6 is 0 Å². The molecule has 1 fully saturated rings. The molecule has 5 rings (SSSR count). The van der Waals surface area contributed by atoms with Crippen molar-refractivity contribution in [2.75, 3.05) is 0 Å². The van der Waals surface area contributed by atoms with E-state index in [1.807, 2.05) is 0 Å². The number of amides is 1. The molecule has 33 heavy (non-hydrogen) atoms. The Hall–Kier alpha value is -3.56. The van der Waals surface area contributed by atoms with Gasteiger partial charge in [-0.05, 0) is 43.4 Å². The van der Waals surface area contributed by atoms with Crippen LogP contribution in [0.5, 0.6) is 5.75 Å². The molecule has 0 radical (unpaired) electrons. The third-order valence-corrected chi connectivity index (χ3v) is 6.83. The number of hydrogen-bond donors (Lipinski definition) is 2. The minimum absolute atomic E-state index is 0.0268. The van der Waals surface area contributed by atoms with Crippen LogP contribution < -0.4 is 10.9 Å². The normalized spacial score (nSPS) is 17.0. The van der Waals surface area contributed by atoms with Crippen LogP contribution in [0.2, 0.25) is 0 Å². The second-order valence-electron chi connectivity index (χ2n) is 8.83. The molecule has 0 saturated heterocycles. The number of nitrogens with one attached hydrogen (secondary N) is 1. The maximum Gasteiger partial charge on any atom is 0.296 e. The summed E-state index contributed by atoms with van der Waals surface area (Å²) in [6, 6.07) is 4.12. The molecule has 2 aromatic heterocycles. The summed E-state index contributed by atoms with van der Waals surface area (Å²) in [6.07, 6.45) is 9.70. The molecule has 0 bridgehead atoms. The van der Waals surface area contributed by atoms with Gasteiger partial charge in [0, 0.05) is 18.5 Å².